The molecule has 106 valence electrons. The number of rotatable bonds is 5. The van der Waals surface area contributed by atoms with Gasteiger partial charge in [0.05, 0.1) is 23.4 Å². The van der Waals surface area contributed by atoms with Gasteiger partial charge in [0.25, 0.3) is 0 Å². The van der Waals surface area contributed by atoms with Gasteiger partial charge < -0.3 is 4.74 Å². The fourth-order valence-corrected chi connectivity index (χ4v) is 2.14. The fraction of sp³-hybridized carbons (Fsp3) is 0.286. The molecule has 2 aromatic rings. The molecule has 1 unspecified atom stereocenters. The van der Waals surface area contributed by atoms with E-state index in [-0.39, 0.29) is 12.1 Å². The summed E-state index contributed by atoms with van der Waals surface area (Å²) in [6.45, 7) is 3.93. The first-order chi connectivity index (χ1) is 9.61. The zero-order valence-corrected chi connectivity index (χ0v) is 12.1. The van der Waals surface area contributed by atoms with Crippen LogP contribution in [0.2, 0.25) is 5.02 Å². The maximum absolute atomic E-state index is 6.16. The molecule has 0 spiro atoms. The lowest BCUT2D eigenvalue weighted by molar-refractivity contribution is 0.241. The van der Waals surface area contributed by atoms with E-state index in [4.69, 9.17) is 22.2 Å². The minimum Gasteiger partial charge on any atom is -0.489 e. The first-order valence-electron chi connectivity index (χ1n) is 6.29. The van der Waals surface area contributed by atoms with Gasteiger partial charge in [-0.1, -0.05) is 11.6 Å². The van der Waals surface area contributed by atoms with Crippen LogP contribution in [0.3, 0.4) is 0 Å². The van der Waals surface area contributed by atoms with E-state index in [1.165, 1.54) is 0 Å². The Hall–Kier alpha value is -1.69. The predicted octanol–water partition coefficient (Wildman–Crippen LogP) is 2.47. The minimum atomic E-state index is -0.270. The molecule has 0 radical (unpaired) electrons. The lowest BCUT2D eigenvalue weighted by Crippen LogP contribution is -2.29. The van der Waals surface area contributed by atoms with Crippen molar-refractivity contribution in [3.05, 3.63) is 53.1 Å². The number of pyridine rings is 2. The second-order valence-electron chi connectivity index (χ2n) is 4.62. The average molecular weight is 293 g/mol. The lowest BCUT2D eigenvalue weighted by atomic mass is 10.0. The molecular weight excluding hydrogens is 276 g/mol. The van der Waals surface area contributed by atoms with E-state index in [1.807, 2.05) is 26.0 Å². The van der Waals surface area contributed by atoms with Crippen LogP contribution in [0.4, 0.5) is 0 Å². The molecule has 3 N–H and O–H groups in total. The number of nitrogens with one attached hydrogen (secondary N) is 1. The molecule has 0 aromatic carbocycles. The summed E-state index contributed by atoms with van der Waals surface area (Å²) in [6.07, 6.45) is 6.75. The van der Waals surface area contributed by atoms with Gasteiger partial charge in [-0.25, -0.2) is 5.43 Å². The van der Waals surface area contributed by atoms with Crippen LogP contribution in [0.15, 0.2) is 36.9 Å². The maximum Gasteiger partial charge on any atom is 0.138 e. The highest BCUT2D eigenvalue weighted by atomic mass is 35.5. The summed E-state index contributed by atoms with van der Waals surface area (Å²) in [6, 6.07) is 3.45. The quantitative estimate of drug-likeness (QED) is 0.654. The highest BCUT2D eigenvalue weighted by Gasteiger charge is 2.16. The Labute approximate surface area is 123 Å². The number of nitrogens with zero attached hydrogens (tertiary/aromatic N) is 2. The molecule has 0 aliphatic heterocycles. The van der Waals surface area contributed by atoms with E-state index in [0.717, 1.165) is 11.1 Å². The Kier molecular flexibility index (Phi) is 4.89. The third-order valence-corrected chi connectivity index (χ3v) is 3.04. The van der Waals surface area contributed by atoms with Gasteiger partial charge in [-0.15, -0.1) is 0 Å². The number of nitrogens with two attached hydrogens (primary N) is 1. The van der Waals surface area contributed by atoms with Crippen LogP contribution >= 0.6 is 11.6 Å². The van der Waals surface area contributed by atoms with Gasteiger partial charge in [-0.2, -0.15) is 0 Å². The smallest absolute Gasteiger partial charge is 0.138 e. The molecule has 2 heterocycles. The van der Waals surface area contributed by atoms with Crippen LogP contribution in [0, 0.1) is 0 Å². The predicted molar refractivity (Wildman–Crippen MR) is 78.4 cm³/mol. The number of hydrazine groups is 1. The lowest BCUT2D eigenvalue weighted by Gasteiger charge is -2.18. The van der Waals surface area contributed by atoms with Crippen molar-refractivity contribution in [2.45, 2.75) is 26.0 Å². The molecule has 6 heteroatoms. The van der Waals surface area contributed by atoms with Crippen molar-refractivity contribution in [3.8, 4) is 5.75 Å². The van der Waals surface area contributed by atoms with Crippen molar-refractivity contribution in [2.75, 3.05) is 0 Å². The Morgan fingerprint density at radius 2 is 2.05 bits per heavy atom. The van der Waals surface area contributed by atoms with Gasteiger partial charge in [0.15, 0.2) is 0 Å². The van der Waals surface area contributed by atoms with E-state index in [0.29, 0.717) is 10.8 Å². The van der Waals surface area contributed by atoms with Gasteiger partial charge in [0.2, 0.25) is 0 Å². The topological polar surface area (TPSA) is 73.1 Å². The van der Waals surface area contributed by atoms with Crippen molar-refractivity contribution in [1.82, 2.24) is 15.4 Å². The third-order valence-electron chi connectivity index (χ3n) is 2.72. The van der Waals surface area contributed by atoms with Crippen LogP contribution < -0.4 is 16.0 Å². The molecule has 0 saturated carbocycles. The molecule has 20 heavy (non-hydrogen) atoms. The summed E-state index contributed by atoms with van der Waals surface area (Å²) in [5.74, 6) is 6.36. The van der Waals surface area contributed by atoms with Crippen molar-refractivity contribution in [3.63, 3.8) is 0 Å². The van der Waals surface area contributed by atoms with Crippen molar-refractivity contribution in [2.24, 2.45) is 5.84 Å². The minimum absolute atomic E-state index is 0.0841. The monoisotopic (exact) mass is 292 g/mol. The molecule has 1 atom stereocenters. The largest absolute Gasteiger partial charge is 0.489 e. The summed E-state index contributed by atoms with van der Waals surface area (Å²) in [5, 5.41) is 0.547. The van der Waals surface area contributed by atoms with Crippen LogP contribution in [0.25, 0.3) is 0 Å². The molecule has 0 saturated heterocycles. The maximum atomic E-state index is 6.16. The molecule has 2 rings (SSSR count). The number of aromatic nitrogens is 2. The number of ether oxygens (including phenoxy) is 1. The van der Waals surface area contributed by atoms with Crippen LogP contribution in [0.1, 0.15) is 31.0 Å². The van der Waals surface area contributed by atoms with Crippen LogP contribution in [-0.4, -0.2) is 16.1 Å². The Bertz CT molecular complexity index is 577. The Balaban J connectivity index is 2.35. The summed E-state index contributed by atoms with van der Waals surface area (Å²) < 4.78 is 5.64. The fourth-order valence-electron chi connectivity index (χ4n) is 1.92. The number of hydrogen-bond donors (Lipinski definition) is 2. The second kappa shape index (κ2) is 6.65. The Morgan fingerprint density at radius 1 is 1.25 bits per heavy atom. The first-order valence-corrected chi connectivity index (χ1v) is 6.66. The normalized spacial score (nSPS) is 12.4. The third kappa shape index (κ3) is 3.45. The van der Waals surface area contributed by atoms with E-state index in [9.17, 15) is 0 Å². The van der Waals surface area contributed by atoms with E-state index in [2.05, 4.69) is 15.4 Å². The van der Waals surface area contributed by atoms with E-state index in [1.54, 1.807) is 24.8 Å². The van der Waals surface area contributed by atoms with Gasteiger partial charge >= 0.3 is 0 Å². The average Bonchev–Trinajstić information content (AvgIpc) is 2.41. The number of halogens is 1. The molecule has 0 aliphatic rings. The molecule has 0 bridgehead atoms. The summed E-state index contributed by atoms with van der Waals surface area (Å²) in [5.41, 5.74) is 4.46. The summed E-state index contributed by atoms with van der Waals surface area (Å²) in [7, 11) is 0. The van der Waals surface area contributed by atoms with Gasteiger partial charge in [0.1, 0.15) is 5.75 Å². The first kappa shape index (κ1) is 14.7. The summed E-state index contributed by atoms with van der Waals surface area (Å²) >= 11 is 6.16. The van der Waals surface area contributed by atoms with Crippen LogP contribution in [0.5, 0.6) is 5.75 Å². The van der Waals surface area contributed by atoms with Gasteiger partial charge in [-0.3, -0.25) is 15.8 Å². The highest BCUT2D eigenvalue weighted by molar-refractivity contribution is 6.31. The molecular formula is C14H17ClN4O. The van der Waals surface area contributed by atoms with Gasteiger partial charge in [-0.05, 0) is 37.1 Å². The van der Waals surface area contributed by atoms with Gasteiger partial charge in [0, 0.05) is 18.6 Å². The van der Waals surface area contributed by atoms with E-state index >= 15 is 0 Å². The number of hydrogen-bond acceptors (Lipinski definition) is 5. The molecule has 5 nitrogen and oxygen atoms in total. The molecule has 0 fully saturated rings. The van der Waals surface area contributed by atoms with Crippen molar-refractivity contribution < 1.29 is 4.74 Å². The summed E-state index contributed by atoms with van der Waals surface area (Å²) in [4.78, 5) is 8.15. The zero-order chi connectivity index (χ0) is 14.5. The highest BCUT2D eigenvalue weighted by Crippen LogP contribution is 2.28. The second-order valence-corrected chi connectivity index (χ2v) is 5.02. The molecule has 0 aliphatic carbocycles. The van der Waals surface area contributed by atoms with Crippen LogP contribution in [-0.2, 0) is 0 Å². The molecule has 0 amide bonds. The standard InChI is InChI=1S/C14H17ClN4O/c1-9(2)20-11-5-10(6-18-7-11)14(19-16)12-3-4-17-8-13(12)15/h3-9,14,19H,16H2,1-2H3. The van der Waals surface area contributed by atoms with Crippen molar-refractivity contribution in [1.29, 1.82) is 0 Å². The van der Waals surface area contributed by atoms with Crippen molar-refractivity contribution >= 4 is 11.6 Å². The molecule has 2 aromatic heterocycles. The van der Waals surface area contributed by atoms with E-state index < -0.39 is 0 Å². The Morgan fingerprint density at radius 3 is 2.70 bits per heavy atom. The zero-order valence-electron chi connectivity index (χ0n) is 11.4. The SMILES string of the molecule is CC(C)Oc1cncc(C(NN)c2ccncc2Cl)c1.